The van der Waals surface area contributed by atoms with Gasteiger partial charge < -0.3 is 9.47 Å². The maximum Gasteiger partial charge on any atom is 0.130 e. The highest BCUT2D eigenvalue weighted by Gasteiger charge is 2.26. The second-order valence-corrected chi connectivity index (χ2v) is 5.87. The molecular weight excluding hydrogens is 260 g/mol. The second-order valence-electron chi connectivity index (χ2n) is 5.87. The Hall–Kier alpha value is -1.70. The molecule has 0 bridgehead atoms. The summed E-state index contributed by atoms with van der Waals surface area (Å²) in [6.07, 6.45) is 3.42. The number of hydrogen-bond acceptors (Lipinski definition) is 2. The summed E-state index contributed by atoms with van der Waals surface area (Å²) in [4.78, 5) is 0. The van der Waals surface area contributed by atoms with Crippen molar-refractivity contribution in [1.82, 2.24) is 0 Å². The Morgan fingerprint density at radius 1 is 0.952 bits per heavy atom. The van der Waals surface area contributed by atoms with Gasteiger partial charge in [-0.1, -0.05) is 31.2 Å². The molecular formula is C19H24O2. The summed E-state index contributed by atoms with van der Waals surface area (Å²) in [6.45, 7) is 7.86. The third kappa shape index (κ3) is 2.48. The number of rotatable bonds is 4. The van der Waals surface area contributed by atoms with Gasteiger partial charge in [-0.05, 0) is 39.0 Å². The second kappa shape index (κ2) is 5.97. The van der Waals surface area contributed by atoms with Gasteiger partial charge in [0.2, 0.25) is 0 Å². The molecule has 1 unspecified atom stereocenters. The molecule has 0 fully saturated rings. The average molecular weight is 284 g/mol. The zero-order valence-electron chi connectivity index (χ0n) is 13.2. The molecule has 2 aromatic carbocycles. The van der Waals surface area contributed by atoms with Crippen molar-refractivity contribution >= 4 is 10.8 Å². The number of fused-ring (bicyclic) bond motifs is 2. The molecule has 0 saturated carbocycles. The molecule has 0 heterocycles. The van der Waals surface area contributed by atoms with Crippen molar-refractivity contribution in [2.45, 2.75) is 40.0 Å². The van der Waals surface area contributed by atoms with Gasteiger partial charge >= 0.3 is 0 Å². The normalized spacial score (nSPS) is 17.6. The van der Waals surface area contributed by atoms with Gasteiger partial charge in [-0.2, -0.15) is 0 Å². The highest BCUT2D eigenvalue weighted by Crippen LogP contribution is 2.45. The molecule has 1 atom stereocenters. The lowest BCUT2D eigenvalue weighted by molar-refractivity contribution is 0.323. The van der Waals surface area contributed by atoms with Crippen molar-refractivity contribution in [3.8, 4) is 11.5 Å². The van der Waals surface area contributed by atoms with Crippen molar-refractivity contribution in [2.75, 3.05) is 13.2 Å². The van der Waals surface area contributed by atoms with Gasteiger partial charge in [0, 0.05) is 21.9 Å². The van der Waals surface area contributed by atoms with Crippen LogP contribution in [0.4, 0.5) is 0 Å². The molecule has 0 aliphatic heterocycles. The van der Waals surface area contributed by atoms with E-state index < -0.39 is 0 Å². The quantitative estimate of drug-likeness (QED) is 0.805. The molecule has 2 nitrogen and oxygen atoms in total. The van der Waals surface area contributed by atoms with Crippen LogP contribution < -0.4 is 9.47 Å². The Kier molecular flexibility index (Phi) is 4.05. The van der Waals surface area contributed by atoms with Gasteiger partial charge in [0.15, 0.2) is 0 Å². The van der Waals surface area contributed by atoms with Gasteiger partial charge in [0.25, 0.3) is 0 Å². The molecule has 2 heteroatoms. The average Bonchev–Trinajstić information content (AvgIpc) is 2.50. The molecule has 2 aromatic rings. The molecule has 112 valence electrons. The summed E-state index contributed by atoms with van der Waals surface area (Å²) in [5, 5.41) is 2.38. The van der Waals surface area contributed by atoms with Crippen molar-refractivity contribution < 1.29 is 9.47 Å². The van der Waals surface area contributed by atoms with E-state index in [1.54, 1.807) is 0 Å². The summed E-state index contributed by atoms with van der Waals surface area (Å²) in [5.41, 5.74) is 2.75. The first-order valence-electron chi connectivity index (χ1n) is 8.08. The van der Waals surface area contributed by atoms with Crippen LogP contribution in [0.5, 0.6) is 11.5 Å². The minimum Gasteiger partial charge on any atom is -0.493 e. The van der Waals surface area contributed by atoms with E-state index in [0.29, 0.717) is 19.1 Å². The van der Waals surface area contributed by atoms with Crippen LogP contribution in [0.1, 0.15) is 38.3 Å². The standard InChI is InChI=1S/C19H24O2/c1-4-20-18-14-8-6-7-9-15(14)19(21-5-2)17-12-13(3)10-11-16(17)18/h6-9,13H,4-5,10-12H2,1-3H3. The van der Waals surface area contributed by atoms with E-state index in [0.717, 1.165) is 24.3 Å². The zero-order valence-corrected chi connectivity index (χ0v) is 13.2. The van der Waals surface area contributed by atoms with Gasteiger partial charge in [-0.15, -0.1) is 0 Å². The Morgan fingerprint density at radius 3 is 2.10 bits per heavy atom. The molecule has 0 spiro atoms. The van der Waals surface area contributed by atoms with Crippen LogP contribution in [-0.2, 0) is 12.8 Å². The molecule has 21 heavy (non-hydrogen) atoms. The fraction of sp³-hybridized carbons (Fsp3) is 0.474. The van der Waals surface area contributed by atoms with E-state index >= 15 is 0 Å². The molecule has 0 radical (unpaired) electrons. The van der Waals surface area contributed by atoms with Crippen LogP contribution >= 0.6 is 0 Å². The lowest BCUT2D eigenvalue weighted by Gasteiger charge is -2.28. The third-order valence-corrected chi connectivity index (χ3v) is 4.35. The predicted octanol–water partition coefficient (Wildman–Crippen LogP) is 4.76. The summed E-state index contributed by atoms with van der Waals surface area (Å²) in [5.74, 6) is 2.88. The van der Waals surface area contributed by atoms with Gasteiger partial charge in [-0.25, -0.2) is 0 Å². The first-order valence-corrected chi connectivity index (χ1v) is 8.08. The van der Waals surface area contributed by atoms with Crippen LogP contribution in [0.25, 0.3) is 10.8 Å². The summed E-state index contributed by atoms with van der Waals surface area (Å²) >= 11 is 0. The van der Waals surface area contributed by atoms with E-state index in [1.165, 1.54) is 28.3 Å². The summed E-state index contributed by atoms with van der Waals surface area (Å²) in [7, 11) is 0. The van der Waals surface area contributed by atoms with Crippen molar-refractivity contribution in [2.24, 2.45) is 5.92 Å². The minimum atomic E-state index is 0.707. The van der Waals surface area contributed by atoms with Crippen LogP contribution in [0.2, 0.25) is 0 Å². The van der Waals surface area contributed by atoms with Crippen LogP contribution in [0.3, 0.4) is 0 Å². The highest BCUT2D eigenvalue weighted by molar-refractivity contribution is 5.96. The fourth-order valence-electron chi connectivity index (χ4n) is 3.42. The lowest BCUT2D eigenvalue weighted by Crippen LogP contribution is -2.15. The molecule has 1 aliphatic rings. The molecule has 0 saturated heterocycles. The maximum atomic E-state index is 6.04. The van der Waals surface area contributed by atoms with E-state index in [4.69, 9.17) is 9.47 Å². The van der Waals surface area contributed by atoms with Crippen LogP contribution in [-0.4, -0.2) is 13.2 Å². The van der Waals surface area contributed by atoms with Crippen LogP contribution in [0.15, 0.2) is 24.3 Å². The first kappa shape index (κ1) is 14.2. The Bertz CT molecular complexity index is 646. The molecule has 3 rings (SSSR count). The van der Waals surface area contributed by atoms with E-state index in [2.05, 4.69) is 45.0 Å². The Labute approximate surface area is 127 Å². The molecule has 0 aromatic heterocycles. The topological polar surface area (TPSA) is 18.5 Å². The first-order chi connectivity index (χ1) is 10.3. The zero-order chi connectivity index (χ0) is 14.8. The van der Waals surface area contributed by atoms with Crippen molar-refractivity contribution in [1.29, 1.82) is 0 Å². The Morgan fingerprint density at radius 2 is 1.52 bits per heavy atom. The molecule has 0 amide bonds. The van der Waals surface area contributed by atoms with Crippen LogP contribution in [0, 0.1) is 5.92 Å². The van der Waals surface area contributed by atoms with Crippen molar-refractivity contribution in [3.63, 3.8) is 0 Å². The number of ether oxygens (including phenoxy) is 2. The predicted molar refractivity (Wildman–Crippen MR) is 87.5 cm³/mol. The van der Waals surface area contributed by atoms with Gasteiger partial charge in [0.05, 0.1) is 13.2 Å². The number of benzene rings is 2. The summed E-state index contributed by atoms with van der Waals surface area (Å²) in [6, 6.07) is 8.47. The summed E-state index contributed by atoms with van der Waals surface area (Å²) < 4.78 is 12.1. The SMILES string of the molecule is CCOc1c2c(c(OCC)c3ccccc13)CC(C)CC2. The van der Waals surface area contributed by atoms with E-state index in [9.17, 15) is 0 Å². The third-order valence-electron chi connectivity index (χ3n) is 4.35. The molecule has 1 aliphatic carbocycles. The van der Waals surface area contributed by atoms with Crippen molar-refractivity contribution in [3.05, 3.63) is 35.4 Å². The Balaban J connectivity index is 2.31. The maximum absolute atomic E-state index is 6.04. The fourth-order valence-corrected chi connectivity index (χ4v) is 3.42. The monoisotopic (exact) mass is 284 g/mol. The number of hydrogen-bond donors (Lipinski definition) is 0. The van der Waals surface area contributed by atoms with E-state index in [-0.39, 0.29) is 0 Å². The minimum absolute atomic E-state index is 0.707. The molecule has 0 N–H and O–H groups in total. The van der Waals surface area contributed by atoms with Gasteiger partial charge in [0.1, 0.15) is 11.5 Å². The largest absolute Gasteiger partial charge is 0.493 e. The lowest BCUT2D eigenvalue weighted by atomic mass is 9.82. The van der Waals surface area contributed by atoms with E-state index in [1.807, 2.05) is 0 Å². The highest BCUT2D eigenvalue weighted by atomic mass is 16.5. The smallest absolute Gasteiger partial charge is 0.130 e. The van der Waals surface area contributed by atoms with Gasteiger partial charge in [-0.3, -0.25) is 0 Å².